The normalized spacial score (nSPS) is 20.0. The molecule has 0 aliphatic heterocycles. The predicted molar refractivity (Wildman–Crippen MR) is 70.8 cm³/mol. The molecule has 0 heterocycles. The average Bonchev–Trinajstić information content (AvgIpc) is 2.38. The molecule has 0 radical (unpaired) electrons. The fourth-order valence-electron chi connectivity index (χ4n) is 2.74. The standard InChI is InChI=1S/C16H20O/c1-2-3-4-12-16(17)15-11-7-9-13-8-5-6-10-14(13)15/h5-6,8,10,15-17H,4,7,9,11-12H2,1H3. The monoisotopic (exact) mass is 228 g/mol. The summed E-state index contributed by atoms with van der Waals surface area (Å²) >= 11 is 0. The molecule has 0 saturated carbocycles. The molecule has 1 aliphatic carbocycles. The lowest BCUT2D eigenvalue weighted by molar-refractivity contribution is 0.127. The summed E-state index contributed by atoms with van der Waals surface area (Å²) in [5, 5.41) is 10.3. The lowest BCUT2D eigenvalue weighted by Gasteiger charge is -2.29. The van der Waals surface area contributed by atoms with Gasteiger partial charge in [-0.2, -0.15) is 0 Å². The summed E-state index contributed by atoms with van der Waals surface area (Å²) in [6.45, 7) is 1.85. The first-order chi connectivity index (χ1) is 8.33. The van der Waals surface area contributed by atoms with Crippen LogP contribution in [0.3, 0.4) is 0 Å². The molecule has 1 nitrogen and oxygen atoms in total. The Kier molecular flexibility index (Phi) is 4.23. The zero-order chi connectivity index (χ0) is 12.1. The van der Waals surface area contributed by atoms with Crippen LogP contribution in [0.4, 0.5) is 0 Å². The van der Waals surface area contributed by atoms with Crippen LogP contribution in [0, 0.1) is 11.8 Å². The summed E-state index contributed by atoms with van der Waals surface area (Å²) in [5.74, 6) is 6.23. The van der Waals surface area contributed by atoms with Crippen molar-refractivity contribution in [2.75, 3.05) is 0 Å². The van der Waals surface area contributed by atoms with E-state index in [1.807, 2.05) is 6.92 Å². The summed E-state index contributed by atoms with van der Waals surface area (Å²) in [6, 6.07) is 8.54. The highest BCUT2D eigenvalue weighted by Gasteiger charge is 2.25. The van der Waals surface area contributed by atoms with Crippen LogP contribution in [0.1, 0.15) is 49.7 Å². The predicted octanol–water partition coefficient (Wildman–Crippen LogP) is 3.27. The van der Waals surface area contributed by atoms with Gasteiger partial charge in [-0.1, -0.05) is 24.3 Å². The van der Waals surface area contributed by atoms with Crippen molar-refractivity contribution in [1.82, 2.24) is 0 Å². The van der Waals surface area contributed by atoms with Crippen LogP contribution in [0.2, 0.25) is 0 Å². The lowest BCUT2D eigenvalue weighted by atomic mass is 9.79. The van der Waals surface area contributed by atoms with Crippen molar-refractivity contribution < 1.29 is 5.11 Å². The van der Waals surface area contributed by atoms with Crippen molar-refractivity contribution in [3.8, 4) is 11.8 Å². The fraction of sp³-hybridized carbons (Fsp3) is 0.500. The first kappa shape index (κ1) is 12.2. The van der Waals surface area contributed by atoms with Crippen molar-refractivity contribution in [2.45, 2.75) is 51.0 Å². The second-order valence-electron chi connectivity index (χ2n) is 4.73. The molecule has 1 heteroatoms. The molecule has 0 amide bonds. The van der Waals surface area contributed by atoms with Gasteiger partial charge >= 0.3 is 0 Å². The third kappa shape index (κ3) is 2.90. The molecule has 17 heavy (non-hydrogen) atoms. The molecule has 1 aromatic rings. The SMILES string of the molecule is CC#CCCC(O)C1CCCc2ccccc21. The van der Waals surface area contributed by atoms with E-state index in [1.54, 1.807) is 0 Å². The number of aliphatic hydroxyl groups is 1. The maximum Gasteiger partial charge on any atom is 0.0617 e. The summed E-state index contributed by atoms with van der Waals surface area (Å²) in [4.78, 5) is 0. The van der Waals surface area contributed by atoms with E-state index < -0.39 is 0 Å². The molecule has 1 N–H and O–H groups in total. The molecule has 2 unspecified atom stereocenters. The summed E-state index contributed by atoms with van der Waals surface area (Å²) < 4.78 is 0. The molecular weight excluding hydrogens is 208 g/mol. The smallest absolute Gasteiger partial charge is 0.0617 e. The van der Waals surface area contributed by atoms with Gasteiger partial charge in [0, 0.05) is 12.3 Å². The molecular formula is C16H20O. The van der Waals surface area contributed by atoms with E-state index in [1.165, 1.54) is 17.5 Å². The minimum Gasteiger partial charge on any atom is -0.392 e. The average molecular weight is 228 g/mol. The highest BCUT2D eigenvalue weighted by molar-refractivity contribution is 5.33. The first-order valence-corrected chi connectivity index (χ1v) is 6.48. The number of aryl methyl sites for hydroxylation is 1. The van der Waals surface area contributed by atoms with Gasteiger partial charge in [0.25, 0.3) is 0 Å². The molecule has 0 aromatic heterocycles. The maximum atomic E-state index is 10.3. The second kappa shape index (κ2) is 5.89. The number of rotatable bonds is 3. The summed E-state index contributed by atoms with van der Waals surface area (Å²) in [6.07, 6.45) is 4.82. The zero-order valence-electron chi connectivity index (χ0n) is 10.4. The van der Waals surface area contributed by atoms with Gasteiger partial charge in [-0.3, -0.25) is 0 Å². The molecule has 0 fully saturated rings. The molecule has 1 aliphatic rings. The zero-order valence-corrected chi connectivity index (χ0v) is 10.4. The van der Waals surface area contributed by atoms with Gasteiger partial charge in [-0.25, -0.2) is 0 Å². The number of aliphatic hydroxyl groups excluding tert-OH is 1. The molecule has 1 aromatic carbocycles. The van der Waals surface area contributed by atoms with Gasteiger partial charge in [-0.05, 0) is 43.7 Å². The molecule has 0 spiro atoms. The Labute approximate surface area is 104 Å². The van der Waals surface area contributed by atoms with Gasteiger partial charge in [0.2, 0.25) is 0 Å². The van der Waals surface area contributed by atoms with Crippen LogP contribution in [-0.2, 0) is 6.42 Å². The highest BCUT2D eigenvalue weighted by atomic mass is 16.3. The Morgan fingerprint density at radius 3 is 3.06 bits per heavy atom. The number of hydrogen-bond donors (Lipinski definition) is 1. The molecule has 90 valence electrons. The van der Waals surface area contributed by atoms with E-state index in [4.69, 9.17) is 0 Å². The lowest BCUT2D eigenvalue weighted by Crippen LogP contribution is -2.22. The van der Waals surface area contributed by atoms with E-state index in [0.29, 0.717) is 5.92 Å². The van der Waals surface area contributed by atoms with Crippen LogP contribution in [0.15, 0.2) is 24.3 Å². The molecule has 2 atom stereocenters. The van der Waals surface area contributed by atoms with E-state index in [2.05, 4.69) is 36.1 Å². The summed E-state index contributed by atoms with van der Waals surface area (Å²) in [7, 11) is 0. The Morgan fingerprint density at radius 2 is 2.24 bits per heavy atom. The van der Waals surface area contributed by atoms with E-state index in [9.17, 15) is 5.11 Å². The maximum absolute atomic E-state index is 10.3. The topological polar surface area (TPSA) is 20.2 Å². The third-order valence-corrected chi connectivity index (χ3v) is 3.62. The van der Waals surface area contributed by atoms with Gasteiger partial charge in [0.1, 0.15) is 0 Å². The number of benzene rings is 1. The Hall–Kier alpha value is -1.26. The van der Waals surface area contributed by atoms with E-state index in [0.717, 1.165) is 25.7 Å². The molecule has 0 saturated heterocycles. The van der Waals surface area contributed by atoms with Crippen LogP contribution < -0.4 is 0 Å². The van der Waals surface area contributed by atoms with Crippen molar-refractivity contribution >= 4 is 0 Å². The van der Waals surface area contributed by atoms with Crippen molar-refractivity contribution in [1.29, 1.82) is 0 Å². The fourth-order valence-corrected chi connectivity index (χ4v) is 2.74. The van der Waals surface area contributed by atoms with Crippen molar-refractivity contribution in [2.24, 2.45) is 0 Å². The van der Waals surface area contributed by atoms with Crippen LogP contribution in [0.25, 0.3) is 0 Å². The van der Waals surface area contributed by atoms with Crippen LogP contribution in [-0.4, -0.2) is 11.2 Å². The van der Waals surface area contributed by atoms with Crippen molar-refractivity contribution in [3.05, 3.63) is 35.4 Å². The largest absolute Gasteiger partial charge is 0.392 e. The Balaban J connectivity index is 2.08. The highest BCUT2D eigenvalue weighted by Crippen LogP contribution is 2.35. The molecule has 2 rings (SSSR count). The van der Waals surface area contributed by atoms with Gasteiger partial charge in [0.05, 0.1) is 6.10 Å². The quantitative estimate of drug-likeness (QED) is 0.787. The van der Waals surface area contributed by atoms with Crippen molar-refractivity contribution in [3.63, 3.8) is 0 Å². The van der Waals surface area contributed by atoms with Gasteiger partial charge < -0.3 is 5.11 Å². The van der Waals surface area contributed by atoms with Crippen LogP contribution >= 0.6 is 0 Å². The first-order valence-electron chi connectivity index (χ1n) is 6.48. The second-order valence-corrected chi connectivity index (χ2v) is 4.73. The van der Waals surface area contributed by atoms with Crippen LogP contribution in [0.5, 0.6) is 0 Å². The minimum atomic E-state index is -0.239. The van der Waals surface area contributed by atoms with E-state index >= 15 is 0 Å². The number of fused-ring (bicyclic) bond motifs is 1. The number of hydrogen-bond acceptors (Lipinski definition) is 1. The summed E-state index contributed by atoms with van der Waals surface area (Å²) in [5.41, 5.74) is 2.78. The van der Waals surface area contributed by atoms with Gasteiger partial charge in [-0.15, -0.1) is 11.8 Å². The Bertz CT molecular complexity index is 425. The van der Waals surface area contributed by atoms with Gasteiger partial charge in [0.15, 0.2) is 0 Å². The molecule has 0 bridgehead atoms. The third-order valence-electron chi connectivity index (χ3n) is 3.62. The van der Waals surface area contributed by atoms with E-state index in [-0.39, 0.29) is 6.10 Å². The minimum absolute atomic E-state index is 0.239. The Morgan fingerprint density at radius 1 is 1.41 bits per heavy atom.